The fourth-order valence-electron chi connectivity index (χ4n) is 1.28. The number of hydrogen-bond acceptors (Lipinski definition) is 0. The fraction of sp³-hybridized carbons (Fsp3) is 0.400. The van der Waals surface area contributed by atoms with Gasteiger partial charge in [-0.25, -0.2) is 13.2 Å². The van der Waals surface area contributed by atoms with Gasteiger partial charge in [0.25, 0.3) is 5.92 Å². The molecule has 0 bridgehead atoms. The van der Waals surface area contributed by atoms with E-state index in [2.05, 4.69) is 0 Å². The molecule has 0 atom stereocenters. The molecule has 0 aliphatic rings. The zero-order chi connectivity index (χ0) is 10.1. The van der Waals surface area contributed by atoms with Crippen LogP contribution in [-0.2, 0) is 12.3 Å². The van der Waals surface area contributed by atoms with Gasteiger partial charge in [-0.3, -0.25) is 0 Å². The monoisotopic (exact) mass is 188 g/mol. The topological polar surface area (TPSA) is 0 Å². The lowest BCUT2D eigenvalue weighted by molar-refractivity contribution is 0.0165. The summed E-state index contributed by atoms with van der Waals surface area (Å²) in [5.74, 6) is -3.36. The van der Waals surface area contributed by atoms with E-state index in [-0.39, 0.29) is 5.56 Å². The Bertz CT molecular complexity index is 300. The number of alkyl halides is 2. The molecule has 0 radical (unpaired) electrons. The minimum atomic E-state index is -2.89. The highest BCUT2D eigenvalue weighted by Crippen LogP contribution is 2.30. The van der Waals surface area contributed by atoms with Gasteiger partial charge in [-0.05, 0) is 30.2 Å². The van der Waals surface area contributed by atoms with E-state index in [0.29, 0.717) is 12.0 Å². The van der Waals surface area contributed by atoms with Crippen LogP contribution < -0.4 is 0 Å². The first-order valence-corrected chi connectivity index (χ1v) is 4.12. The van der Waals surface area contributed by atoms with Crippen LogP contribution in [-0.4, -0.2) is 0 Å². The van der Waals surface area contributed by atoms with Crippen molar-refractivity contribution in [2.45, 2.75) is 26.2 Å². The molecule has 0 saturated carbocycles. The molecule has 0 heterocycles. The number of aryl methyl sites for hydroxylation is 1. The van der Waals surface area contributed by atoms with E-state index in [4.69, 9.17) is 0 Å². The predicted molar refractivity (Wildman–Crippen MR) is 45.3 cm³/mol. The van der Waals surface area contributed by atoms with Gasteiger partial charge < -0.3 is 0 Å². The highest BCUT2D eigenvalue weighted by atomic mass is 19.3. The van der Waals surface area contributed by atoms with Crippen molar-refractivity contribution in [1.82, 2.24) is 0 Å². The molecule has 0 N–H and O–H groups in total. The Balaban J connectivity index is 3.22. The SMILES string of the molecule is CCc1cc(F)ccc1C(C)(F)F. The van der Waals surface area contributed by atoms with Crippen molar-refractivity contribution in [3.63, 3.8) is 0 Å². The van der Waals surface area contributed by atoms with Gasteiger partial charge >= 0.3 is 0 Å². The Hall–Kier alpha value is -0.990. The maximum Gasteiger partial charge on any atom is 0.270 e. The summed E-state index contributed by atoms with van der Waals surface area (Å²) in [4.78, 5) is 0. The zero-order valence-corrected chi connectivity index (χ0v) is 7.57. The minimum absolute atomic E-state index is 0.0867. The zero-order valence-electron chi connectivity index (χ0n) is 7.57. The van der Waals surface area contributed by atoms with Crippen LogP contribution in [0.4, 0.5) is 13.2 Å². The van der Waals surface area contributed by atoms with Crippen molar-refractivity contribution < 1.29 is 13.2 Å². The number of benzene rings is 1. The van der Waals surface area contributed by atoms with E-state index < -0.39 is 11.7 Å². The van der Waals surface area contributed by atoms with Gasteiger partial charge in [0.15, 0.2) is 0 Å². The molecule has 0 unspecified atom stereocenters. The summed E-state index contributed by atoms with van der Waals surface area (Å²) >= 11 is 0. The highest BCUT2D eigenvalue weighted by molar-refractivity contribution is 5.31. The maximum atomic E-state index is 12.9. The Morgan fingerprint density at radius 1 is 1.31 bits per heavy atom. The van der Waals surface area contributed by atoms with Gasteiger partial charge in [0.1, 0.15) is 5.82 Å². The van der Waals surface area contributed by atoms with Crippen LogP contribution in [0.2, 0.25) is 0 Å². The van der Waals surface area contributed by atoms with Gasteiger partial charge in [-0.1, -0.05) is 6.92 Å². The second kappa shape index (κ2) is 3.40. The third-order valence-corrected chi connectivity index (χ3v) is 1.92. The number of halogens is 3. The van der Waals surface area contributed by atoms with Gasteiger partial charge in [-0.15, -0.1) is 0 Å². The van der Waals surface area contributed by atoms with E-state index in [1.54, 1.807) is 6.92 Å². The second-order valence-corrected chi connectivity index (χ2v) is 3.04. The summed E-state index contributed by atoms with van der Waals surface area (Å²) < 4.78 is 38.5. The predicted octanol–water partition coefficient (Wildman–Crippen LogP) is 3.50. The molecule has 0 amide bonds. The van der Waals surface area contributed by atoms with Crippen molar-refractivity contribution in [2.75, 3.05) is 0 Å². The van der Waals surface area contributed by atoms with E-state index in [9.17, 15) is 13.2 Å². The summed E-state index contributed by atoms with van der Waals surface area (Å²) in [6, 6.07) is 3.37. The third-order valence-electron chi connectivity index (χ3n) is 1.92. The fourth-order valence-corrected chi connectivity index (χ4v) is 1.28. The summed E-state index contributed by atoms with van der Waals surface area (Å²) in [6.45, 7) is 2.55. The summed E-state index contributed by atoms with van der Waals surface area (Å²) in [7, 11) is 0. The van der Waals surface area contributed by atoms with Crippen LogP contribution in [0.3, 0.4) is 0 Å². The van der Waals surface area contributed by atoms with Crippen molar-refractivity contribution in [2.24, 2.45) is 0 Å². The van der Waals surface area contributed by atoms with Crippen molar-refractivity contribution in [3.05, 3.63) is 35.1 Å². The summed E-state index contributed by atoms with van der Waals surface area (Å²) in [6.07, 6.45) is 0.413. The van der Waals surface area contributed by atoms with Crippen LogP contribution in [0.1, 0.15) is 25.0 Å². The molecular formula is C10H11F3. The lowest BCUT2D eigenvalue weighted by Crippen LogP contribution is -2.10. The molecule has 1 aromatic carbocycles. The molecule has 0 spiro atoms. The van der Waals surface area contributed by atoms with E-state index in [0.717, 1.165) is 25.1 Å². The summed E-state index contributed by atoms with van der Waals surface area (Å²) in [5, 5.41) is 0. The van der Waals surface area contributed by atoms with Crippen molar-refractivity contribution >= 4 is 0 Å². The molecule has 3 heteroatoms. The molecule has 13 heavy (non-hydrogen) atoms. The quantitative estimate of drug-likeness (QED) is 0.666. The lowest BCUT2D eigenvalue weighted by atomic mass is 10.0. The molecule has 1 aromatic rings. The normalized spacial score (nSPS) is 11.8. The molecule has 0 aliphatic heterocycles. The molecule has 72 valence electrons. The second-order valence-electron chi connectivity index (χ2n) is 3.04. The Morgan fingerprint density at radius 2 is 1.92 bits per heavy atom. The largest absolute Gasteiger partial charge is 0.270 e. The van der Waals surface area contributed by atoms with Crippen LogP contribution in [0.15, 0.2) is 18.2 Å². The van der Waals surface area contributed by atoms with Gasteiger partial charge in [0, 0.05) is 12.5 Å². The van der Waals surface area contributed by atoms with Crippen molar-refractivity contribution in [3.8, 4) is 0 Å². The van der Waals surface area contributed by atoms with Crippen LogP contribution in [0.25, 0.3) is 0 Å². The van der Waals surface area contributed by atoms with E-state index in [1.807, 2.05) is 0 Å². The first-order valence-electron chi connectivity index (χ1n) is 4.12. The molecule has 1 rings (SSSR count). The average molecular weight is 188 g/mol. The van der Waals surface area contributed by atoms with Crippen LogP contribution >= 0.6 is 0 Å². The first kappa shape index (κ1) is 10.1. The van der Waals surface area contributed by atoms with E-state index in [1.165, 1.54) is 0 Å². The standard InChI is InChI=1S/C10H11F3/c1-3-7-6-8(11)4-5-9(7)10(2,12)13/h4-6H,3H2,1-2H3. The van der Waals surface area contributed by atoms with Crippen LogP contribution in [0.5, 0.6) is 0 Å². The highest BCUT2D eigenvalue weighted by Gasteiger charge is 2.26. The molecule has 0 aromatic heterocycles. The van der Waals surface area contributed by atoms with Gasteiger partial charge in [-0.2, -0.15) is 0 Å². The summed E-state index contributed by atoms with van der Waals surface area (Å²) in [5.41, 5.74) is 0.281. The molecular weight excluding hydrogens is 177 g/mol. The maximum absolute atomic E-state index is 12.9. The molecule has 0 fully saturated rings. The number of hydrogen-bond donors (Lipinski definition) is 0. The molecule has 0 aliphatic carbocycles. The first-order chi connectivity index (χ1) is 5.95. The van der Waals surface area contributed by atoms with Crippen LogP contribution in [0, 0.1) is 5.82 Å². The molecule has 0 saturated heterocycles. The lowest BCUT2D eigenvalue weighted by Gasteiger charge is -2.14. The minimum Gasteiger partial charge on any atom is -0.207 e. The van der Waals surface area contributed by atoms with E-state index >= 15 is 0 Å². The van der Waals surface area contributed by atoms with Gasteiger partial charge in [0.2, 0.25) is 0 Å². The Morgan fingerprint density at radius 3 is 2.38 bits per heavy atom. The Kier molecular flexibility index (Phi) is 2.64. The Labute approximate surface area is 75.4 Å². The van der Waals surface area contributed by atoms with Crippen molar-refractivity contribution in [1.29, 1.82) is 0 Å². The smallest absolute Gasteiger partial charge is 0.207 e. The third kappa shape index (κ3) is 2.23. The molecule has 0 nitrogen and oxygen atoms in total. The number of rotatable bonds is 2. The average Bonchev–Trinajstić information content (AvgIpc) is 2.01. The van der Waals surface area contributed by atoms with Gasteiger partial charge in [0.05, 0.1) is 0 Å².